The van der Waals surface area contributed by atoms with Crippen molar-refractivity contribution in [2.75, 3.05) is 43.4 Å². The SMILES string of the molecule is CCCC[C@@H]1CN(c2noc(C)n2)CCN(C(=O)C2=CC=C(Nc3nc(-c4sc(C)nc4C)cs3)N(C)C2)C1C. The molecule has 1 unspecified atom stereocenters. The molecule has 214 valence electrons. The van der Waals surface area contributed by atoms with Crippen molar-refractivity contribution >= 4 is 39.7 Å². The maximum absolute atomic E-state index is 13.9. The normalized spacial score (nSPS) is 19.9. The van der Waals surface area contributed by atoms with Gasteiger partial charge in [-0.3, -0.25) is 4.79 Å². The van der Waals surface area contributed by atoms with E-state index in [9.17, 15) is 4.79 Å². The third-order valence-electron chi connectivity index (χ3n) is 7.64. The molecule has 1 saturated heterocycles. The highest BCUT2D eigenvalue weighted by atomic mass is 32.1. The molecule has 5 rings (SSSR count). The van der Waals surface area contributed by atoms with Gasteiger partial charge < -0.3 is 24.5 Å². The fourth-order valence-corrected chi connectivity index (χ4v) is 7.04. The fourth-order valence-electron chi connectivity index (χ4n) is 5.37. The smallest absolute Gasteiger partial charge is 0.266 e. The number of aryl methyl sites for hydroxylation is 3. The molecule has 2 aliphatic heterocycles. The van der Waals surface area contributed by atoms with Gasteiger partial charge in [0.25, 0.3) is 11.9 Å². The van der Waals surface area contributed by atoms with Gasteiger partial charge in [0.15, 0.2) is 5.13 Å². The first-order chi connectivity index (χ1) is 19.2. The molecule has 0 aliphatic carbocycles. The van der Waals surface area contributed by atoms with E-state index in [1.54, 1.807) is 29.6 Å². The number of rotatable bonds is 8. The second-order valence-electron chi connectivity index (χ2n) is 10.6. The highest BCUT2D eigenvalue weighted by Crippen LogP contribution is 2.33. The molecule has 5 heterocycles. The molecule has 0 aromatic carbocycles. The van der Waals surface area contributed by atoms with Crippen LogP contribution in [0.15, 0.2) is 33.4 Å². The standard InChI is InChI=1S/C28H38N8O2S2/c1-7-8-9-21-15-35(27-30-19(4)38-33-27)12-13-36(18(21)3)26(37)22-10-11-24(34(6)14-22)32-28-31-23(16-39-28)25-17(2)29-20(5)40-25/h10-11,16,18,21H,7-9,12-15H2,1-6H3,(H,31,32)/t18?,21-/m1/s1. The van der Waals surface area contributed by atoms with Gasteiger partial charge in [-0.25, -0.2) is 9.97 Å². The van der Waals surface area contributed by atoms with Gasteiger partial charge in [-0.2, -0.15) is 4.98 Å². The van der Waals surface area contributed by atoms with E-state index in [-0.39, 0.29) is 11.9 Å². The van der Waals surface area contributed by atoms with E-state index in [1.807, 2.05) is 37.9 Å². The van der Waals surface area contributed by atoms with Crippen molar-refractivity contribution in [3.8, 4) is 10.6 Å². The minimum atomic E-state index is 0.0925. The van der Waals surface area contributed by atoms with E-state index >= 15 is 0 Å². The second kappa shape index (κ2) is 12.1. The first kappa shape index (κ1) is 28.3. The quantitative estimate of drug-likeness (QED) is 0.382. The lowest BCUT2D eigenvalue weighted by Gasteiger charge is -2.34. The van der Waals surface area contributed by atoms with Crippen molar-refractivity contribution in [3.63, 3.8) is 0 Å². The number of nitrogens with zero attached hydrogens (tertiary/aromatic N) is 7. The van der Waals surface area contributed by atoms with Gasteiger partial charge in [0.05, 0.1) is 21.3 Å². The summed E-state index contributed by atoms with van der Waals surface area (Å²) in [4.78, 5) is 35.1. The number of aromatic nitrogens is 4. The van der Waals surface area contributed by atoms with Gasteiger partial charge in [0.2, 0.25) is 5.89 Å². The van der Waals surface area contributed by atoms with Crippen molar-refractivity contribution in [3.05, 3.63) is 45.5 Å². The van der Waals surface area contributed by atoms with Crippen molar-refractivity contribution in [2.24, 2.45) is 5.92 Å². The fraction of sp³-hybridized carbons (Fsp3) is 0.536. The Morgan fingerprint density at radius 3 is 2.67 bits per heavy atom. The van der Waals surface area contributed by atoms with Crippen LogP contribution in [0.4, 0.5) is 11.1 Å². The lowest BCUT2D eigenvalue weighted by molar-refractivity contribution is -0.129. The molecular weight excluding hydrogens is 544 g/mol. The van der Waals surface area contributed by atoms with Gasteiger partial charge in [0.1, 0.15) is 5.82 Å². The predicted molar refractivity (Wildman–Crippen MR) is 161 cm³/mol. The zero-order chi connectivity index (χ0) is 28.4. The Morgan fingerprint density at radius 2 is 2.00 bits per heavy atom. The second-order valence-corrected chi connectivity index (χ2v) is 12.7. The number of allylic oxidation sites excluding steroid dienone is 2. The summed E-state index contributed by atoms with van der Waals surface area (Å²) in [5.74, 6) is 2.50. The van der Waals surface area contributed by atoms with Gasteiger partial charge in [-0.05, 0) is 50.4 Å². The molecule has 3 aromatic rings. The van der Waals surface area contributed by atoms with Crippen LogP contribution in [0.2, 0.25) is 0 Å². The van der Waals surface area contributed by atoms with Crippen LogP contribution >= 0.6 is 22.7 Å². The summed E-state index contributed by atoms with van der Waals surface area (Å²) in [6, 6.07) is 0.110. The van der Waals surface area contributed by atoms with Crippen LogP contribution in [0.1, 0.15) is 49.7 Å². The van der Waals surface area contributed by atoms with Gasteiger partial charge in [-0.1, -0.05) is 19.8 Å². The number of amides is 1. The number of hydrogen-bond donors (Lipinski definition) is 1. The Hall–Kier alpha value is -3.25. The van der Waals surface area contributed by atoms with Crippen molar-refractivity contribution in [2.45, 2.75) is 59.9 Å². The molecule has 0 radical (unpaired) electrons. The summed E-state index contributed by atoms with van der Waals surface area (Å²) in [6.45, 7) is 12.9. The van der Waals surface area contributed by atoms with Crippen LogP contribution in [0, 0.1) is 26.7 Å². The summed E-state index contributed by atoms with van der Waals surface area (Å²) < 4.78 is 5.25. The highest BCUT2D eigenvalue weighted by molar-refractivity contribution is 7.16. The van der Waals surface area contributed by atoms with E-state index in [0.717, 1.165) is 63.6 Å². The molecular formula is C28H38N8O2S2. The number of carbonyl (C=O) groups is 1. The Kier molecular flexibility index (Phi) is 8.55. The number of likely N-dealkylation sites (N-methyl/N-ethyl adjacent to an activating group) is 1. The highest BCUT2D eigenvalue weighted by Gasteiger charge is 2.35. The first-order valence-corrected chi connectivity index (χ1v) is 15.6. The Bertz CT molecular complexity index is 1410. The molecule has 3 aromatic heterocycles. The summed E-state index contributed by atoms with van der Waals surface area (Å²) >= 11 is 3.23. The minimum absolute atomic E-state index is 0.0925. The predicted octanol–water partition coefficient (Wildman–Crippen LogP) is 5.24. The van der Waals surface area contributed by atoms with Crippen LogP contribution < -0.4 is 10.2 Å². The third-order valence-corrected chi connectivity index (χ3v) is 9.49. The molecule has 40 heavy (non-hydrogen) atoms. The first-order valence-electron chi connectivity index (χ1n) is 13.9. The van der Waals surface area contributed by atoms with E-state index < -0.39 is 0 Å². The third kappa shape index (κ3) is 6.07. The lowest BCUT2D eigenvalue weighted by atomic mass is 9.93. The Balaban J connectivity index is 1.30. The van der Waals surface area contributed by atoms with Crippen molar-refractivity contribution in [1.29, 1.82) is 0 Å². The largest absolute Gasteiger partial charge is 0.357 e. The van der Waals surface area contributed by atoms with E-state index in [0.29, 0.717) is 37.4 Å². The van der Waals surface area contributed by atoms with Crippen LogP contribution in [-0.2, 0) is 4.79 Å². The maximum atomic E-state index is 13.9. The lowest BCUT2D eigenvalue weighted by Crippen LogP contribution is -2.45. The van der Waals surface area contributed by atoms with Crippen LogP contribution in [0.5, 0.6) is 0 Å². The average molecular weight is 583 g/mol. The molecule has 0 spiro atoms. The molecule has 2 aliphatic rings. The summed E-state index contributed by atoms with van der Waals surface area (Å²) in [7, 11) is 2.00. The van der Waals surface area contributed by atoms with Crippen molar-refractivity contribution < 1.29 is 9.32 Å². The Morgan fingerprint density at radius 1 is 1.18 bits per heavy atom. The van der Waals surface area contributed by atoms with Gasteiger partial charge in [-0.15, -0.1) is 22.7 Å². The molecule has 0 bridgehead atoms. The monoisotopic (exact) mass is 582 g/mol. The van der Waals surface area contributed by atoms with Crippen LogP contribution in [-0.4, -0.2) is 75.1 Å². The molecule has 1 N–H and O–H groups in total. The zero-order valence-electron chi connectivity index (χ0n) is 24.1. The number of nitrogens with one attached hydrogen (secondary N) is 1. The zero-order valence-corrected chi connectivity index (χ0v) is 25.7. The van der Waals surface area contributed by atoms with E-state index in [1.165, 1.54) is 0 Å². The summed E-state index contributed by atoms with van der Waals surface area (Å²) in [5.41, 5.74) is 2.74. The van der Waals surface area contributed by atoms with E-state index in [2.05, 4.69) is 49.5 Å². The number of carbonyl (C=O) groups excluding carboxylic acids is 1. The molecule has 2 atom stereocenters. The average Bonchev–Trinajstić information content (AvgIpc) is 3.63. The molecule has 12 heteroatoms. The number of unbranched alkanes of at least 4 members (excludes halogenated alkanes) is 1. The van der Waals surface area contributed by atoms with Gasteiger partial charge in [0, 0.05) is 57.1 Å². The van der Waals surface area contributed by atoms with E-state index in [4.69, 9.17) is 9.51 Å². The summed E-state index contributed by atoms with van der Waals surface area (Å²) in [6.07, 6.45) is 7.23. The van der Waals surface area contributed by atoms with Crippen LogP contribution in [0.3, 0.4) is 0 Å². The van der Waals surface area contributed by atoms with Crippen molar-refractivity contribution in [1.82, 2.24) is 29.9 Å². The Labute approximate surface area is 243 Å². The topological polar surface area (TPSA) is 104 Å². The van der Waals surface area contributed by atoms with Gasteiger partial charge >= 0.3 is 0 Å². The molecule has 1 fully saturated rings. The molecule has 1 amide bonds. The summed E-state index contributed by atoms with van der Waals surface area (Å²) in [5, 5.41) is 11.5. The molecule has 10 nitrogen and oxygen atoms in total. The minimum Gasteiger partial charge on any atom is -0.357 e. The number of anilines is 2. The number of thiazole rings is 2. The van der Waals surface area contributed by atoms with Crippen LogP contribution in [0.25, 0.3) is 10.6 Å². The number of hydrogen-bond acceptors (Lipinski definition) is 11. The molecule has 0 saturated carbocycles. The maximum Gasteiger partial charge on any atom is 0.266 e.